The Kier molecular flexibility index (Phi) is 7.82. The van der Waals surface area contributed by atoms with Crippen molar-refractivity contribution in [3.05, 3.63) is 11.9 Å². The van der Waals surface area contributed by atoms with Crippen molar-refractivity contribution < 1.29 is 14.3 Å². The van der Waals surface area contributed by atoms with Crippen molar-refractivity contribution in [2.45, 2.75) is 70.4 Å². The summed E-state index contributed by atoms with van der Waals surface area (Å²) in [7, 11) is 1.59. The third-order valence-electron chi connectivity index (χ3n) is 5.95. The highest BCUT2D eigenvalue weighted by Gasteiger charge is 2.29. The fraction of sp³-hybridized carbons (Fsp3) is 0.800. The molecule has 0 unspecified atom stereocenters. The van der Waals surface area contributed by atoms with Crippen LogP contribution in [0.1, 0.15) is 68.3 Å². The number of methoxy groups -OCH3 is 1. The Balaban J connectivity index is 1.47. The van der Waals surface area contributed by atoms with Crippen LogP contribution in [0.15, 0.2) is 6.20 Å². The molecule has 8 nitrogen and oxygen atoms in total. The van der Waals surface area contributed by atoms with Crippen LogP contribution in [0.4, 0.5) is 0 Å². The molecule has 2 fully saturated rings. The molecule has 1 saturated carbocycles. The smallest absolute Gasteiger partial charge is 0.273 e. The molecule has 2 amide bonds. The first kappa shape index (κ1) is 20.8. The number of nitrogens with zero attached hydrogens (tertiary/aromatic N) is 4. The quantitative estimate of drug-likeness (QED) is 0.651. The number of ether oxygens (including phenoxy) is 1. The molecule has 1 aromatic heterocycles. The Morgan fingerprint density at radius 2 is 2.04 bits per heavy atom. The molecule has 1 aliphatic heterocycles. The van der Waals surface area contributed by atoms with E-state index in [-0.39, 0.29) is 17.9 Å². The number of hydrogen-bond donors (Lipinski definition) is 1. The van der Waals surface area contributed by atoms with E-state index in [9.17, 15) is 9.59 Å². The zero-order valence-electron chi connectivity index (χ0n) is 16.9. The largest absolute Gasteiger partial charge is 0.383 e. The van der Waals surface area contributed by atoms with E-state index in [4.69, 9.17) is 4.74 Å². The van der Waals surface area contributed by atoms with E-state index in [0.29, 0.717) is 31.8 Å². The lowest BCUT2D eigenvalue weighted by molar-refractivity contribution is -0.132. The van der Waals surface area contributed by atoms with E-state index in [1.165, 1.54) is 32.1 Å². The molecule has 156 valence electrons. The van der Waals surface area contributed by atoms with Gasteiger partial charge in [0.2, 0.25) is 5.91 Å². The van der Waals surface area contributed by atoms with Gasteiger partial charge < -0.3 is 15.0 Å². The van der Waals surface area contributed by atoms with Crippen molar-refractivity contribution in [2.24, 2.45) is 5.92 Å². The molecule has 2 aliphatic rings. The first-order chi connectivity index (χ1) is 13.7. The maximum atomic E-state index is 12.8. The first-order valence-corrected chi connectivity index (χ1v) is 10.6. The van der Waals surface area contributed by atoms with Crippen molar-refractivity contribution in [2.75, 3.05) is 26.8 Å². The molecule has 1 saturated heterocycles. The summed E-state index contributed by atoms with van der Waals surface area (Å²) in [4.78, 5) is 26.8. The normalized spacial score (nSPS) is 20.5. The molecule has 1 aromatic rings. The number of carbonyl (C=O) groups is 2. The molecule has 1 N–H and O–H groups in total. The molecular formula is C20H33N5O3. The number of amides is 2. The topological polar surface area (TPSA) is 89.4 Å². The summed E-state index contributed by atoms with van der Waals surface area (Å²) in [5.74, 6) is 0.745. The van der Waals surface area contributed by atoms with Crippen LogP contribution >= 0.6 is 0 Å². The van der Waals surface area contributed by atoms with E-state index in [0.717, 1.165) is 31.7 Å². The third-order valence-corrected chi connectivity index (χ3v) is 5.95. The summed E-state index contributed by atoms with van der Waals surface area (Å²) < 4.78 is 6.60. The average Bonchev–Trinajstić information content (AvgIpc) is 3.37. The number of nitrogens with one attached hydrogen (secondary N) is 1. The molecule has 0 radical (unpaired) electrons. The van der Waals surface area contributed by atoms with Crippen molar-refractivity contribution in [1.29, 1.82) is 0 Å². The molecule has 2 heterocycles. The predicted molar refractivity (Wildman–Crippen MR) is 105 cm³/mol. The highest BCUT2D eigenvalue weighted by molar-refractivity contribution is 5.91. The standard InChI is InChI=1S/C20H33N5O3/c1-28-13-11-21-20(27)18-15-24(23-22-18)14-17-8-5-12-25(17)19(26)10-9-16-6-3-2-4-7-16/h15-17H,2-14H2,1H3,(H,21,27)/t17-/m0/s1. The molecular weight excluding hydrogens is 358 g/mol. The summed E-state index contributed by atoms with van der Waals surface area (Å²) in [6.45, 7) is 2.31. The van der Waals surface area contributed by atoms with Gasteiger partial charge in [-0.05, 0) is 25.2 Å². The van der Waals surface area contributed by atoms with Crippen LogP contribution in [0.3, 0.4) is 0 Å². The van der Waals surface area contributed by atoms with Gasteiger partial charge in [-0.15, -0.1) is 5.10 Å². The van der Waals surface area contributed by atoms with E-state index < -0.39 is 0 Å². The lowest BCUT2D eigenvalue weighted by Gasteiger charge is -2.26. The van der Waals surface area contributed by atoms with Gasteiger partial charge in [-0.25, -0.2) is 4.68 Å². The van der Waals surface area contributed by atoms with Crippen molar-refractivity contribution in [1.82, 2.24) is 25.2 Å². The van der Waals surface area contributed by atoms with Crippen molar-refractivity contribution in [3.63, 3.8) is 0 Å². The number of rotatable bonds is 9. The summed E-state index contributed by atoms with van der Waals surface area (Å²) in [5, 5.41) is 10.8. The van der Waals surface area contributed by atoms with Crippen LogP contribution in [0.5, 0.6) is 0 Å². The Morgan fingerprint density at radius 1 is 1.21 bits per heavy atom. The van der Waals surface area contributed by atoms with Crippen molar-refractivity contribution >= 4 is 11.8 Å². The summed E-state index contributed by atoms with van der Waals surface area (Å²) in [5.41, 5.74) is 0.296. The van der Waals surface area contributed by atoms with E-state index in [2.05, 4.69) is 15.6 Å². The lowest BCUT2D eigenvalue weighted by atomic mass is 9.86. The molecule has 8 heteroatoms. The molecule has 28 heavy (non-hydrogen) atoms. The van der Waals surface area contributed by atoms with Crippen LogP contribution in [0.2, 0.25) is 0 Å². The minimum Gasteiger partial charge on any atom is -0.383 e. The maximum absolute atomic E-state index is 12.8. The van der Waals surface area contributed by atoms with Gasteiger partial charge in [0.05, 0.1) is 25.4 Å². The molecule has 3 rings (SSSR count). The minimum absolute atomic E-state index is 0.143. The highest BCUT2D eigenvalue weighted by atomic mass is 16.5. The van der Waals surface area contributed by atoms with Crippen LogP contribution in [0.25, 0.3) is 0 Å². The van der Waals surface area contributed by atoms with Gasteiger partial charge in [-0.3, -0.25) is 9.59 Å². The van der Waals surface area contributed by atoms with Gasteiger partial charge in [-0.1, -0.05) is 37.3 Å². The number of aromatic nitrogens is 3. The summed E-state index contributed by atoms with van der Waals surface area (Å²) in [6, 6.07) is 0.143. The van der Waals surface area contributed by atoms with Gasteiger partial charge in [0.15, 0.2) is 5.69 Å². The number of hydrogen-bond acceptors (Lipinski definition) is 5. The van der Waals surface area contributed by atoms with Crippen LogP contribution in [0, 0.1) is 5.92 Å². The Labute approximate surface area is 167 Å². The minimum atomic E-state index is -0.255. The van der Waals surface area contributed by atoms with Crippen molar-refractivity contribution in [3.8, 4) is 0 Å². The second-order valence-corrected chi connectivity index (χ2v) is 8.00. The monoisotopic (exact) mass is 391 g/mol. The fourth-order valence-electron chi connectivity index (χ4n) is 4.37. The van der Waals surface area contributed by atoms with Crippen LogP contribution in [-0.4, -0.2) is 64.6 Å². The van der Waals surface area contributed by atoms with Crippen LogP contribution < -0.4 is 5.32 Å². The van der Waals surface area contributed by atoms with Gasteiger partial charge >= 0.3 is 0 Å². The van der Waals surface area contributed by atoms with Gasteiger partial charge in [-0.2, -0.15) is 0 Å². The Bertz CT molecular complexity index is 642. The molecule has 0 bridgehead atoms. The van der Waals surface area contributed by atoms with Gasteiger partial charge in [0, 0.05) is 26.6 Å². The summed E-state index contributed by atoms with van der Waals surface area (Å²) >= 11 is 0. The maximum Gasteiger partial charge on any atom is 0.273 e. The predicted octanol–water partition coefficient (Wildman–Crippen LogP) is 2.01. The summed E-state index contributed by atoms with van der Waals surface area (Å²) in [6.07, 6.45) is 11.9. The van der Waals surface area contributed by atoms with E-state index in [1.807, 2.05) is 4.90 Å². The zero-order valence-corrected chi connectivity index (χ0v) is 16.9. The molecule has 1 atom stereocenters. The molecule has 0 spiro atoms. The zero-order chi connectivity index (χ0) is 19.8. The van der Waals surface area contributed by atoms with Crippen LogP contribution in [-0.2, 0) is 16.1 Å². The highest BCUT2D eigenvalue weighted by Crippen LogP contribution is 2.28. The number of carbonyl (C=O) groups excluding carboxylic acids is 2. The molecule has 1 aliphatic carbocycles. The Hall–Kier alpha value is -1.96. The second-order valence-electron chi connectivity index (χ2n) is 8.00. The molecule has 0 aromatic carbocycles. The number of likely N-dealkylation sites (tertiary alicyclic amines) is 1. The van der Waals surface area contributed by atoms with E-state index in [1.54, 1.807) is 18.0 Å². The average molecular weight is 392 g/mol. The lowest BCUT2D eigenvalue weighted by Crippen LogP contribution is -2.38. The SMILES string of the molecule is COCCNC(=O)c1cn(C[C@@H]2CCCN2C(=O)CCC2CCCCC2)nn1. The van der Waals surface area contributed by atoms with Gasteiger partial charge in [0.1, 0.15) is 0 Å². The fourth-order valence-corrected chi connectivity index (χ4v) is 4.37. The third kappa shape index (κ3) is 5.77. The first-order valence-electron chi connectivity index (χ1n) is 10.6. The van der Waals surface area contributed by atoms with E-state index >= 15 is 0 Å². The second kappa shape index (κ2) is 10.5. The Morgan fingerprint density at radius 3 is 2.82 bits per heavy atom. The van der Waals surface area contributed by atoms with Gasteiger partial charge in [0.25, 0.3) is 5.91 Å².